The normalized spacial score (nSPS) is 9.42. The average molecular weight is 167 g/mol. The Balaban J connectivity index is 2.42. The second-order valence-corrected chi connectivity index (χ2v) is 2.24. The minimum atomic E-state index is -0.240. The molecule has 1 rings (SSSR count). The van der Waals surface area contributed by atoms with Crippen molar-refractivity contribution in [2.24, 2.45) is 0 Å². The molecule has 64 valence electrons. The van der Waals surface area contributed by atoms with Crippen LogP contribution in [0.3, 0.4) is 0 Å². The highest BCUT2D eigenvalue weighted by Crippen LogP contribution is 2.02. The molecule has 0 atom stereocenters. The van der Waals surface area contributed by atoms with Gasteiger partial charge in [-0.25, -0.2) is 4.39 Å². The monoisotopic (exact) mass is 167 g/mol. The summed E-state index contributed by atoms with van der Waals surface area (Å²) in [5.41, 5.74) is 3.39. The van der Waals surface area contributed by atoms with Crippen molar-refractivity contribution in [3.8, 4) is 0 Å². The molecular formula is C9H10FNO. The van der Waals surface area contributed by atoms with Crippen LogP contribution in [0, 0.1) is 5.82 Å². The maximum atomic E-state index is 12.4. The lowest BCUT2D eigenvalue weighted by atomic mass is 10.2. The first kappa shape index (κ1) is 8.74. The van der Waals surface area contributed by atoms with Crippen molar-refractivity contribution < 1.29 is 9.23 Å². The molecule has 0 fully saturated rings. The first-order chi connectivity index (χ1) is 5.83. The fourth-order valence-electron chi connectivity index (χ4n) is 0.765. The Morgan fingerprint density at radius 3 is 2.67 bits per heavy atom. The number of halogens is 1. The van der Waals surface area contributed by atoms with Gasteiger partial charge in [-0.15, -0.1) is 0 Å². The SMILES string of the molecule is C=CNOCc1ccc(F)cc1. The highest BCUT2D eigenvalue weighted by atomic mass is 19.1. The van der Waals surface area contributed by atoms with Gasteiger partial charge in [-0.1, -0.05) is 18.7 Å². The molecule has 1 N–H and O–H groups in total. The number of hydrogen-bond acceptors (Lipinski definition) is 2. The zero-order chi connectivity index (χ0) is 8.81. The van der Waals surface area contributed by atoms with E-state index in [0.717, 1.165) is 5.56 Å². The van der Waals surface area contributed by atoms with Crippen molar-refractivity contribution in [3.63, 3.8) is 0 Å². The molecule has 1 aromatic carbocycles. The number of benzene rings is 1. The van der Waals surface area contributed by atoms with Crippen LogP contribution in [0.2, 0.25) is 0 Å². The molecule has 2 nitrogen and oxygen atoms in total. The predicted molar refractivity (Wildman–Crippen MR) is 44.5 cm³/mol. The molecule has 0 radical (unpaired) electrons. The summed E-state index contributed by atoms with van der Waals surface area (Å²) in [4.78, 5) is 4.92. The van der Waals surface area contributed by atoms with Crippen LogP contribution in [0.1, 0.15) is 5.56 Å². The van der Waals surface area contributed by atoms with Gasteiger partial charge in [0, 0.05) is 6.20 Å². The van der Waals surface area contributed by atoms with Gasteiger partial charge in [0.15, 0.2) is 0 Å². The molecule has 3 heteroatoms. The van der Waals surface area contributed by atoms with Crippen molar-refractivity contribution in [1.82, 2.24) is 5.48 Å². The van der Waals surface area contributed by atoms with Crippen LogP contribution in [0.4, 0.5) is 4.39 Å². The summed E-state index contributed by atoms with van der Waals surface area (Å²) < 4.78 is 12.4. The number of nitrogens with one attached hydrogen (secondary N) is 1. The lowest BCUT2D eigenvalue weighted by Crippen LogP contribution is -2.05. The molecule has 0 aliphatic rings. The number of hydrogen-bond donors (Lipinski definition) is 1. The summed E-state index contributed by atoms with van der Waals surface area (Å²) in [7, 11) is 0. The smallest absolute Gasteiger partial charge is 0.123 e. The molecule has 0 saturated heterocycles. The zero-order valence-electron chi connectivity index (χ0n) is 6.59. The third-order valence-corrected chi connectivity index (χ3v) is 1.32. The number of rotatable bonds is 4. The van der Waals surface area contributed by atoms with Gasteiger partial charge in [0.05, 0.1) is 6.61 Å². The molecule has 0 heterocycles. The standard InChI is InChI=1S/C9H10FNO/c1-2-11-12-7-8-3-5-9(10)6-4-8/h2-6,11H,1,7H2. The topological polar surface area (TPSA) is 21.3 Å². The lowest BCUT2D eigenvalue weighted by molar-refractivity contribution is 0.0578. The Morgan fingerprint density at radius 2 is 2.08 bits per heavy atom. The Hall–Kier alpha value is -1.35. The average Bonchev–Trinajstić information content (AvgIpc) is 2.09. The molecule has 0 saturated carbocycles. The van der Waals surface area contributed by atoms with Gasteiger partial charge < -0.3 is 0 Å². The van der Waals surface area contributed by atoms with Crippen LogP contribution in [0.5, 0.6) is 0 Å². The van der Waals surface area contributed by atoms with E-state index in [1.54, 1.807) is 12.1 Å². The van der Waals surface area contributed by atoms with E-state index >= 15 is 0 Å². The Morgan fingerprint density at radius 1 is 1.42 bits per heavy atom. The fourth-order valence-corrected chi connectivity index (χ4v) is 0.765. The Bertz CT molecular complexity index is 245. The summed E-state index contributed by atoms with van der Waals surface area (Å²) in [6.45, 7) is 3.81. The third-order valence-electron chi connectivity index (χ3n) is 1.32. The molecule has 1 aromatic rings. The fraction of sp³-hybridized carbons (Fsp3) is 0.111. The van der Waals surface area contributed by atoms with Crippen molar-refractivity contribution in [1.29, 1.82) is 0 Å². The molecule has 0 bridgehead atoms. The second kappa shape index (κ2) is 4.51. The molecule has 0 aliphatic carbocycles. The van der Waals surface area contributed by atoms with Gasteiger partial charge in [-0.3, -0.25) is 10.3 Å². The summed E-state index contributed by atoms with van der Waals surface area (Å²) >= 11 is 0. The van der Waals surface area contributed by atoms with E-state index in [0.29, 0.717) is 6.61 Å². The van der Waals surface area contributed by atoms with Gasteiger partial charge in [0.2, 0.25) is 0 Å². The Kier molecular flexibility index (Phi) is 3.29. The molecule has 0 amide bonds. The van der Waals surface area contributed by atoms with Crippen molar-refractivity contribution in [2.75, 3.05) is 0 Å². The van der Waals surface area contributed by atoms with Crippen molar-refractivity contribution in [2.45, 2.75) is 6.61 Å². The third kappa shape index (κ3) is 2.72. The first-order valence-corrected chi connectivity index (χ1v) is 3.55. The molecular weight excluding hydrogens is 157 g/mol. The first-order valence-electron chi connectivity index (χ1n) is 3.55. The molecule has 0 aliphatic heterocycles. The van der Waals surface area contributed by atoms with E-state index in [4.69, 9.17) is 4.84 Å². The van der Waals surface area contributed by atoms with E-state index in [1.807, 2.05) is 0 Å². The number of hydroxylamine groups is 1. The highest BCUT2D eigenvalue weighted by molar-refractivity contribution is 5.14. The van der Waals surface area contributed by atoms with E-state index in [2.05, 4.69) is 12.1 Å². The van der Waals surface area contributed by atoms with Gasteiger partial charge >= 0.3 is 0 Å². The van der Waals surface area contributed by atoms with Gasteiger partial charge in [0.25, 0.3) is 0 Å². The lowest BCUT2D eigenvalue weighted by Gasteiger charge is -2.01. The van der Waals surface area contributed by atoms with Crippen molar-refractivity contribution >= 4 is 0 Å². The quantitative estimate of drug-likeness (QED) is 0.547. The maximum Gasteiger partial charge on any atom is 0.123 e. The van der Waals surface area contributed by atoms with E-state index in [-0.39, 0.29) is 5.82 Å². The van der Waals surface area contributed by atoms with Gasteiger partial charge in [-0.2, -0.15) is 0 Å². The van der Waals surface area contributed by atoms with E-state index in [9.17, 15) is 4.39 Å². The highest BCUT2D eigenvalue weighted by Gasteiger charge is 1.92. The molecule has 0 aromatic heterocycles. The summed E-state index contributed by atoms with van der Waals surface area (Å²) in [5.74, 6) is -0.240. The van der Waals surface area contributed by atoms with Gasteiger partial charge in [-0.05, 0) is 17.7 Å². The second-order valence-electron chi connectivity index (χ2n) is 2.24. The predicted octanol–water partition coefficient (Wildman–Crippen LogP) is 1.99. The van der Waals surface area contributed by atoms with Crippen molar-refractivity contribution in [3.05, 3.63) is 48.4 Å². The molecule has 12 heavy (non-hydrogen) atoms. The molecule has 0 spiro atoms. The van der Waals surface area contributed by atoms with Crippen LogP contribution in [0.25, 0.3) is 0 Å². The summed E-state index contributed by atoms with van der Waals surface area (Å²) in [5, 5.41) is 0. The zero-order valence-corrected chi connectivity index (χ0v) is 6.59. The van der Waals surface area contributed by atoms with Crippen LogP contribution >= 0.6 is 0 Å². The van der Waals surface area contributed by atoms with Crippen LogP contribution in [-0.2, 0) is 11.4 Å². The van der Waals surface area contributed by atoms with Gasteiger partial charge in [0.1, 0.15) is 5.82 Å². The minimum absolute atomic E-state index is 0.240. The minimum Gasteiger partial charge on any atom is -0.275 e. The van der Waals surface area contributed by atoms with Crippen LogP contribution in [-0.4, -0.2) is 0 Å². The Labute approximate surface area is 70.6 Å². The van der Waals surface area contributed by atoms with Crippen LogP contribution in [0.15, 0.2) is 37.0 Å². The summed E-state index contributed by atoms with van der Waals surface area (Å²) in [6.07, 6.45) is 1.43. The molecule has 0 unspecified atom stereocenters. The van der Waals surface area contributed by atoms with E-state index < -0.39 is 0 Å². The largest absolute Gasteiger partial charge is 0.275 e. The van der Waals surface area contributed by atoms with E-state index in [1.165, 1.54) is 18.3 Å². The summed E-state index contributed by atoms with van der Waals surface area (Å²) in [6, 6.07) is 6.12. The maximum absolute atomic E-state index is 12.4. The van der Waals surface area contributed by atoms with Crippen LogP contribution < -0.4 is 5.48 Å².